The number of phosphoric acid groups is 2. The van der Waals surface area contributed by atoms with Crippen LogP contribution in [-0.2, 0) is 65.4 Å². The van der Waals surface area contributed by atoms with Gasteiger partial charge < -0.3 is 33.8 Å². The summed E-state index contributed by atoms with van der Waals surface area (Å²) in [6.07, 6.45) is 62.7. The summed E-state index contributed by atoms with van der Waals surface area (Å²) in [5, 5.41) is 10.6. The second kappa shape index (κ2) is 72.6. The Bertz CT molecular complexity index is 1920. The zero-order valence-corrected chi connectivity index (χ0v) is 67.3. The van der Waals surface area contributed by atoms with Gasteiger partial charge >= 0.3 is 39.5 Å². The van der Waals surface area contributed by atoms with Crippen molar-refractivity contribution in [2.45, 2.75) is 445 Å². The molecule has 0 rings (SSSR count). The number of carbonyl (C=O) groups is 4. The average molecular weight is 1470 g/mol. The highest BCUT2D eigenvalue weighted by Gasteiger charge is 2.30. The highest BCUT2D eigenvalue weighted by molar-refractivity contribution is 7.47. The minimum atomic E-state index is -4.96. The molecule has 0 aliphatic heterocycles. The summed E-state index contributed by atoms with van der Waals surface area (Å²) in [5.41, 5.74) is 0. The number of unbranched alkanes of at least 4 members (excludes halogenated alkanes) is 50. The Morgan fingerprint density at radius 1 is 0.270 bits per heavy atom. The van der Waals surface area contributed by atoms with Crippen molar-refractivity contribution in [2.75, 3.05) is 39.6 Å². The Hall–Kier alpha value is -1.94. The number of hydrogen-bond acceptors (Lipinski definition) is 15. The summed E-state index contributed by atoms with van der Waals surface area (Å²) in [5.74, 6) is -0.604. The smallest absolute Gasteiger partial charge is 0.462 e. The molecule has 0 saturated carbocycles. The van der Waals surface area contributed by atoms with E-state index < -0.39 is 97.5 Å². The third-order valence-corrected chi connectivity index (χ3v) is 20.9. The fourth-order valence-corrected chi connectivity index (χ4v) is 14.1. The number of hydrogen-bond donors (Lipinski definition) is 3. The standard InChI is InChI=1S/C81H158O17P2/c1-7-9-11-13-15-17-19-20-21-22-23-24-25-26-31-34-37-41-47-53-59-65-80(85)97-76(69-92-79(84)64-58-52-46-40-36-33-30-28-27-29-32-35-38-43-49-55-61-73(3)4)71-95-99(87,88)93-67-75(82)68-94-100(89,90)96-72-77(98-81(86)66-60-54-48-42-44-50-56-62-74(5)6)70-91-78(83)63-57-51-45-39-18-16-14-12-10-8-2/h73-77,82H,7-72H2,1-6H3,(H,87,88)(H,89,90)/t75-,76-,77-/m1/s1. The van der Waals surface area contributed by atoms with Crippen LogP contribution in [0.15, 0.2) is 0 Å². The summed E-state index contributed by atoms with van der Waals surface area (Å²) < 4.78 is 68.6. The van der Waals surface area contributed by atoms with Crippen molar-refractivity contribution < 1.29 is 80.2 Å². The number of carbonyl (C=O) groups excluding carboxylic acids is 4. The lowest BCUT2D eigenvalue weighted by atomic mass is 10.0. The monoisotopic (exact) mass is 1470 g/mol. The number of aliphatic hydroxyl groups excluding tert-OH is 1. The van der Waals surface area contributed by atoms with E-state index in [0.29, 0.717) is 31.6 Å². The fourth-order valence-electron chi connectivity index (χ4n) is 12.5. The van der Waals surface area contributed by atoms with Gasteiger partial charge in [0, 0.05) is 25.7 Å². The van der Waals surface area contributed by atoms with Gasteiger partial charge in [0.1, 0.15) is 19.3 Å². The van der Waals surface area contributed by atoms with Crippen LogP contribution in [0.3, 0.4) is 0 Å². The van der Waals surface area contributed by atoms with Gasteiger partial charge in [0.2, 0.25) is 0 Å². The predicted octanol–water partition coefficient (Wildman–Crippen LogP) is 24.3. The van der Waals surface area contributed by atoms with E-state index in [0.717, 1.165) is 95.8 Å². The van der Waals surface area contributed by atoms with Crippen molar-refractivity contribution in [2.24, 2.45) is 11.8 Å². The first-order chi connectivity index (χ1) is 48.4. The number of aliphatic hydroxyl groups is 1. The zero-order valence-electron chi connectivity index (χ0n) is 65.5. The van der Waals surface area contributed by atoms with E-state index in [1.807, 2.05) is 0 Å². The first-order valence-corrected chi connectivity index (χ1v) is 45.0. The van der Waals surface area contributed by atoms with Crippen LogP contribution in [0.1, 0.15) is 427 Å². The molecular formula is C81H158O17P2. The molecule has 0 fully saturated rings. The normalized spacial score (nSPS) is 13.9. The molecule has 2 unspecified atom stereocenters. The maximum absolute atomic E-state index is 13.1. The van der Waals surface area contributed by atoms with Gasteiger partial charge in [0.05, 0.1) is 26.4 Å². The van der Waals surface area contributed by atoms with Gasteiger partial charge in [-0.25, -0.2) is 9.13 Å². The topological polar surface area (TPSA) is 237 Å². The molecule has 0 aliphatic rings. The van der Waals surface area contributed by atoms with Crippen LogP contribution in [0.4, 0.5) is 0 Å². The molecule has 0 bridgehead atoms. The molecule has 5 atom stereocenters. The van der Waals surface area contributed by atoms with Crippen molar-refractivity contribution in [3.05, 3.63) is 0 Å². The molecule has 0 aromatic heterocycles. The SMILES string of the molecule is CCCCCCCCCCCCCCCCCCCCCCCC(=O)O[C@H](COC(=O)CCCCCCCCCCCCCCCCCCC(C)C)COP(=O)(O)OC[C@@H](O)COP(=O)(O)OC[C@@H](COC(=O)CCCCCCCCCCCC)OC(=O)CCCCCCCCCC(C)C. The number of rotatable bonds is 80. The molecular weight excluding hydrogens is 1310 g/mol. The number of phosphoric ester groups is 2. The fraction of sp³-hybridized carbons (Fsp3) is 0.951. The van der Waals surface area contributed by atoms with Crippen molar-refractivity contribution in [1.82, 2.24) is 0 Å². The highest BCUT2D eigenvalue weighted by atomic mass is 31.2. The van der Waals surface area contributed by atoms with Crippen molar-refractivity contribution in [1.29, 1.82) is 0 Å². The van der Waals surface area contributed by atoms with E-state index in [1.165, 1.54) is 244 Å². The molecule has 594 valence electrons. The molecule has 17 nitrogen and oxygen atoms in total. The Labute approximate surface area is 613 Å². The molecule has 0 amide bonds. The minimum absolute atomic E-state index is 0.104. The highest BCUT2D eigenvalue weighted by Crippen LogP contribution is 2.45. The van der Waals surface area contributed by atoms with Gasteiger partial charge in [-0.2, -0.15) is 0 Å². The quantitative estimate of drug-likeness (QED) is 0.0222. The van der Waals surface area contributed by atoms with Gasteiger partial charge in [0.15, 0.2) is 12.2 Å². The van der Waals surface area contributed by atoms with Gasteiger partial charge in [-0.15, -0.1) is 0 Å². The van der Waals surface area contributed by atoms with Crippen LogP contribution in [0.25, 0.3) is 0 Å². The molecule has 0 heterocycles. The van der Waals surface area contributed by atoms with Crippen molar-refractivity contribution >= 4 is 39.5 Å². The van der Waals surface area contributed by atoms with Crippen LogP contribution in [0, 0.1) is 11.8 Å². The van der Waals surface area contributed by atoms with E-state index in [1.54, 1.807) is 0 Å². The first kappa shape index (κ1) is 98.1. The predicted molar refractivity (Wildman–Crippen MR) is 409 cm³/mol. The molecule has 3 N–H and O–H groups in total. The lowest BCUT2D eigenvalue weighted by Gasteiger charge is -2.21. The summed E-state index contributed by atoms with van der Waals surface area (Å²) in [4.78, 5) is 72.9. The van der Waals surface area contributed by atoms with Crippen LogP contribution in [0.5, 0.6) is 0 Å². The Morgan fingerprint density at radius 2 is 0.460 bits per heavy atom. The zero-order chi connectivity index (χ0) is 73.5. The summed E-state index contributed by atoms with van der Waals surface area (Å²) in [7, 11) is -9.91. The molecule has 0 radical (unpaired) electrons. The van der Waals surface area contributed by atoms with E-state index in [-0.39, 0.29) is 25.7 Å². The lowest BCUT2D eigenvalue weighted by molar-refractivity contribution is -0.161. The van der Waals surface area contributed by atoms with Crippen LogP contribution >= 0.6 is 15.6 Å². The van der Waals surface area contributed by atoms with Crippen LogP contribution in [0.2, 0.25) is 0 Å². The summed E-state index contributed by atoms with van der Waals surface area (Å²) in [6.45, 7) is 9.58. The molecule has 19 heteroatoms. The minimum Gasteiger partial charge on any atom is -0.462 e. The third-order valence-electron chi connectivity index (χ3n) is 19.0. The molecule has 0 aromatic rings. The van der Waals surface area contributed by atoms with Crippen LogP contribution in [-0.4, -0.2) is 96.7 Å². The molecule has 100 heavy (non-hydrogen) atoms. The third kappa shape index (κ3) is 74.3. The second-order valence-electron chi connectivity index (χ2n) is 30.1. The molecule has 0 saturated heterocycles. The van der Waals surface area contributed by atoms with E-state index in [2.05, 4.69) is 41.5 Å². The first-order valence-electron chi connectivity index (χ1n) is 42.0. The molecule has 0 aliphatic carbocycles. The summed E-state index contributed by atoms with van der Waals surface area (Å²) in [6, 6.07) is 0. The average Bonchev–Trinajstić information content (AvgIpc) is 0.926. The van der Waals surface area contributed by atoms with Crippen molar-refractivity contribution in [3.63, 3.8) is 0 Å². The Balaban J connectivity index is 5.18. The van der Waals surface area contributed by atoms with Crippen molar-refractivity contribution in [3.8, 4) is 0 Å². The largest absolute Gasteiger partial charge is 0.472 e. The second-order valence-corrected chi connectivity index (χ2v) is 33.0. The maximum atomic E-state index is 13.1. The van der Waals surface area contributed by atoms with Gasteiger partial charge in [-0.1, -0.05) is 375 Å². The Kier molecular flexibility index (Phi) is 71.2. The lowest BCUT2D eigenvalue weighted by Crippen LogP contribution is -2.30. The van der Waals surface area contributed by atoms with E-state index in [9.17, 15) is 43.2 Å². The van der Waals surface area contributed by atoms with Gasteiger partial charge in [0.25, 0.3) is 0 Å². The van der Waals surface area contributed by atoms with Gasteiger partial charge in [-0.05, 0) is 37.5 Å². The molecule has 0 spiro atoms. The number of ether oxygens (including phenoxy) is 4. The van der Waals surface area contributed by atoms with E-state index >= 15 is 0 Å². The van der Waals surface area contributed by atoms with Gasteiger partial charge in [-0.3, -0.25) is 37.3 Å². The van der Waals surface area contributed by atoms with Crippen LogP contribution < -0.4 is 0 Å². The summed E-state index contributed by atoms with van der Waals surface area (Å²) >= 11 is 0. The number of esters is 4. The Morgan fingerprint density at radius 3 is 0.680 bits per heavy atom. The van der Waals surface area contributed by atoms with E-state index in [4.69, 9.17) is 37.0 Å². The maximum Gasteiger partial charge on any atom is 0.472 e. The molecule has 0 aromatic carbocycles.